The zero-order chi connectivity index (χ0) is 25.5. The zero-order valence-electron chi connectivity index (χ0n) is 21.4. The summed E-state index contributed by atoms with van der Waals surface area (Å²) in [5, 5.41) is 10.9. The number of hydrogen-bond donors (Lipinski definition) is 1. The summed E-state index contributed by atoms with van der Waals surface area (Å²) >= 11 is 0. The lowest BCUT2D eigenvalue weighted by Crippen LogP contribution is -2.35. The van der Waals surface area contributed by atoms with Crippen LogP contribution in [0.15, 0.2) is 54.1 Å². The van der Waals surface area contributed by atoms with Crippen LogP contribution in [0.1, 0.15) is 52.7 Å². The summed E-state index contributed by atoms with van der Waals surface area (Å²) in [5.41, 5.74) is 2.18. The molecule has 0 amide bonds. The molecule has 0 saturated carbocycles. The molecule has 0 saturated heterocycles. The van der Waals surface area contributed by atoms with Crippen LogP contribution in [0.5, 0.6) is 0 Å². The molecule has 7 heteroatoms. The number of aryl methyl sites for hydroxylation is 1. The molecule has 0 fully saturated rings. The predicted molar refractivity (Wildman–Crippen MR) is 135 cm³/mol. The van der Waals surface area contributed by atoms with Crippen LogP contribution in [0.25, 0.3) is 6.08 Å². The van der Waals surface area contributed by atoms with Gasteiger partial charge in [-0.3, -0.25) is 0 Å². The van der Waals surface area contributed by atoms with Gasteiger partial charge in [0.15, 0.2) is 0 Å². The van der Waals surface area contributed by atoms with E-state index in [2.05, 4.69) is 31.8 Å². The third kappa shape index (κ3) is 7.04. The highest BCUT2D eigenvalue weighted by molar-refractivity contribution is 5.90. The van der Waals surface area contributed by atoms with E-state index in [0.29, 0.717) is 30.4 Å². The first kappa shape index (κ1) is 26.7. The van der Waals surface area contributed by atoms with E-state index < -0.39 is 18.0 Å². The summed E-state index contributed by atoms with van der Waals surface area (Å²) in [4.78, 5) is 29.5. The average Bonchev–Trinajstić information content (AvgIpc) is 3.22. The van der Waals surface area contributed by atoms with Crippen molar-refractivity contribution in [1.82, 2.24) is 9.55 Å². The lowest BCUT2D eigenvalue weighted by atomic mass is 9.65. The summed E-state index contributed by atoms with van der Waals surface area (Å²) in [5.74, 6) is -0.138. The lowest BCUT2D eigenvalue weighted by Gasteiger charge is -2.40. The summed E-state index contributed by atoms with van der Waals surface area (Å²) < 4.78 is 12.9. The van der Waals surface area contributed by atoms with Crippen LogP contribution in [-0.4, -0.2) is 45.4 Å². The average molecular weight is 483 g/mol. The number of nitrogens with zero attached hydrogens (tertiary/aromatic N) is 2. The monoisotopic (exact) mass is 482 g/mol. The maximum Gasteiger partial charge on any atom is 0.336 e. The number of esters is 2. The predicted octanol–water partition coefficient (Wildman–Crippen LogP) is 4.40. The van der Waals surface area contributed by atoms with Crippen LogP contribution < -0.4 is 0 Å². The highest BCUT2D eigenvalue weighted by Crippen LogP contribution is 2.43. The Kier molecular flexibility index (Phi) is 9.26. The number of ether oxygens (including phenoxy) is 2. The Hall–Kier alpha value is -2.93. The van der Waals surface area contributed by atoms with Gasteiger partial charge in [0.05, 0.1) is 24.2 Å². The largest absolute Gasteiger partial charge is 0.463 e. The minimum atomic E-state index is -1.08. The molecule has 1 aromatic heterocycles. The van der Waals surface area contributed by atoms with Gasteiger partial charge in [-0.1, -0.05) is 43.7 Å². The normalized spacial score (nSPS) is 27.2. The fraction of sp³-hybridized carbons (Fsp3) is 0.536. The maximum atomic E-state index is 12.7. The Balaban J connectivity index is 1.89. The van der Waals surface area contributed by atoms with Gasteiger partial charge in [-0.15, -0.1) is 0 Å². The van der Waals surface area contributed by atoms with Gasteiger partial charge in [-0.2, -0.15) is 0 Å². The van der Waals surface area contributed by atoms with E-state index >= 15 is 0 Å². The van der Waals surface area contributed by atoms with Gasteiger partial charge in [-0.05, 0) is 56.4 Å². The Morgan fingerprint density at radius 1 is 1.31 bits per heavy atom. The quantitative estimate of drug-likeness (QED) is 0.367. The minimum Gasteiger partial charge on any atom is -0.463 e. The van der Waals surface area contributed by atoms with E-state index in [-0.39, 0.29) is 30.1 Å². The van der Waals surface area contributed by atoms with Crippen molar-refractivity contribution in [2.75, 3.05) is 6.61 Å². The first-order valence-electron chi connectivity index (χ1n) is 12.5. The first-order chi connectivity index (χ1) is 16.7. The number of aromatic nitrogens is 2. The molecule has 0 aliphatic heterocycles. The SMILES string of the molecule is CCOC(=O)C1=C[C@@H]2[C@@H](C(C)C)CC=C(C)[C@@H]2C[C@H](OC(=O)C=Cc2cn(C)cn2)CC=C[C@@H]1O. The topological polar surface area (TPSA) is 90.7 Å². The van der Waals surface area contributed by atoms with Gasteiger partial charge in [0.1, 0.15) is 12.2 Å². The standard InChI is InChI=1S/C28H38N2O5/c1-6-34-28(33)25-15-24-22(18(2)3)12-10-19(4)23(24)14-21(8-7-9-26(25)31)35-27(32)13-11-20-16-30(5)17-29-20/h7,9-11,13,15-18,21-24,26,31H,6,8,12,14H2,1-5H3/t21-,22-,23+,24-,26+/m1/s1. The van der Waals surface area contributed by atoms with E-state index in [4.69, 9.17) is 9.47 Å². The molecule has 1 heterocycles. The summed E-state index contributed by atoms with van der Waals surface area (Å²) in [7, 11) is 1.87. The molecule has 1 N–H and O–H groups in total. The van der Waals surface area contributed by atoms with Crippen molar-refractivity contribution < 1.29 is 24.2 Å². The fourth-order valence-electron chi connectivity index (χ4n) is 5.06. The third-order valence-corrected chi connectivity index (χ3v) is 6.95. The van der Waals surface area contributed by atoms with Gasteiger partial charge in [-0.25, -0.2) is 14.6 Å². The zero-order valence-corrected chi connectivity index (χ0v) is 21.4. The van der Waals surface area contributed by atoms with E-state index in [1.165, 1.54) is 11.6 Å². The second-order valence-corrected chi connectivity index (χ2v) is 9.82. The highest BCUT2D eigenvalue weighted by Gasteiger charge is 2.37. The van der Waals surface area contributed by atoms with Crippen molar-refractivity contribution >= 4 is 18.0 Å². The number of imidazole rings is 1. The molecule has 0 spiro atoms. The van der Waals surface area contributed by atoms with E-state index in [0.717, 1.165) is 6.42 Å². The van der Waals surface area contributed by atoms with Crippen LogP contribution in [0.3, 0.4) is 0 Å². The molecule has 0 aromatic carbocycles. The van der Waals surface area contributed by atoms with Gasteiger partial charge in [0, 0.05) is 25.7 Å². The summed E-state index contributed by atoms with van der Waals surface area (Å²) in [6.45, 7) is 8.48. The Morgan fingerprint density at radius 2 is 2.09 bits per heavy atom. The number of allylic oxidation sites excluding steroid dienone is 3. The van der Waals surface area contributed by atoms with Crippen molar-refractivity contribution in [3.8, 4) is 0 Å². The van der Waals surface area contributed by atoms with Crippen molar-refractivity contribution in [3.63, 3.8) is 0 Å². The van der Waals surface area contributed by atoms with Crippen LogP contribution >= 0.6 is 0 Å². The maximum absolute atomic E-state index is 12.7. The molecule has 5 atom stereocenters. The molecule has 2 aliphatic rings. The molecule has 7 nitrogen and oxygen atoms in total. The highest BCUT2D eigenvalue weighted by atomic mass is 16.5. The number of aliphatic hydroxyl groups is 1. The van der Waals surface area contributed by atoms with E-state index in [1.807, 2.05) is 23.9 Å². The van der Waals surface area contributed by atoms with E-state index in [9.17, 15) is 14.7 Å². The second kappa shape index (κ2) is 12.2. The molecule has 1 aromatic rings. The molecular formula is C28H38N2O5. The molecular weight excluding hydrogens is 444 g/mol. The first-order valence-corrected chi connectivity index (χ1v) is 12.5. The van der Waals surface area contributed by atoms with Gasteiger partial charge in [0.2, 0.25) is 0 Å². The minimum absolute atomic E-state index is 0.0193. The summed E-state index contributed by atoms with van der Waals surface area (Å²) in [6, 6.07) is 0. The second-order valence-electron chi connectivity index (χ2n) is 9.82. The molecule has 3 rings (SSSR count). The Labute approximate surface area is 208 Å². The van der Waals surface area contributed by atoms with Gasteiger partial charge >= 0.3 is 11.9 Å². The number of carbonyl (C=O) groups excluding carboxylic acids is 2. The third-order valence-electron chi connectivity index (χ3n) is 6.95. The molecule has 0 unspecified atom stereocenters. The van der Waals surface area contributed by atoms with Crippen LogP contribution in [-0.2, 0) is 26.1 Å². The molecule has 2 aliphatic carbocycles. The molecule has 190 valence electrons. The van der Waals surface area contributed by atoms with Crippen molar-refractivity contribution in [2.24, 2.45) is 30.7 Å². The van der Waals surface area contributed by atoms with Crippen molar-refractivity contribution in [2.45, 2.75) is 59.2 Å². The fourth-order valence-corrected chi connectivity index (χ4v) is 5.06. The van der Waals surface area contributed by atoms with Crippen LogP contribution in [0.2, 0.25) is 0 Å². The molecule has 0 bridgehead atoms. The van der Waals surface area contributed by atoms with Gasteiger partial charge in [0.25, 0.3) is 0 Å². The lowest BCUT2D eigenvalue weighted by molar-refractivity contribution is -0.143. The number of hydrogen-bond acceptors (Lipinski definition) is 6. The molecule has 0 radical (unpaired) electrons. The number of carbonyl (C=O) groups is 2. The Morgan fingerprint density at radius 3 is 2.74 bits per heavy atom. The number of aliphatic hydroxyl groups excluding tert-OH is 1. The van der Waals surface area contributed by atoms with Crippen molar-refractivity contribution in [1.29, 1.82) is 0 Å². The smallest absolute Gasteiger partial charge is 0.336 e. The van der Waals surface area contributed by atoms with E-state index in [1.54, 1.807) is 31.5 Å². The van der Waals surface area contributed by atoms with Crippen LogP contribution in [0, 0.1) is 23.7 Å². The number of fused-ring (bicyclic) bond motifs is 1. The van der Waals surface area contributed by atoms with Crippen molar-refractivity contribution in [3.05, 3.63) is 59.7 Å². The number of rotatable bonds is 6. The summed E-state index contributed by atoms with van der Waals surface area (Å²) in [6.07, 6.45) is 14.6. The van der Waals surface area contributed by atoms with Crippen LogP contribution in [0.4, 0.5) is 0 Å². The van der Waals surface area contributed by atoms with Gasteiger partial charge < -0.3 is 19.1 Å². The Bertz CT molecular complexity index is 1020. The molecule has 35 heavy (non-hydrogen) atoms.